The monoisotopic (exact) mass is 731 g/mol. The highest BCUT2D eigenvalue weighted by Crippen LogP contribution is 2.05. The maximum atomic E-state index is 5.54. The smallest absolute Gasteiger partial charge is 0.165 e. The first kappa shape index (κ1) is 32.9. The van der Waals surface area contributed by atoms with Crippen molar-refractivity contribution in [3.8, 4) is 0 Å². The highest BCUT2D eigenvalue weighted by atomic mass is 127. The Balaban J connectivity index is -0.00000208. The summed E-state index contributed by atoms with van der Waals surface area (Å²) in [5.74, 6) is 0. The largest absolute Gasteiger partial charge is 1.00 e. The van der Waals surface area contributed by atoms with Gasteiger partial charge in [-0.3, -0.25) is 0 Å². The zero-order valence-electron chi connectivity index (χ0n) is 18.0. The summed E-state index contributed by atoms with van der Waals surface area (Å²) in [6, 6.07) is 9.91. The second-order valence-electron chi connectivity index (χ2n) is 8.18. The van der Waals surface area contributed by atoms with Crippen molar-refractivity contribution >= 4 is 11.4 Å². The van der Waals surface area contributed by atoms with Crippen LogP contribution >= 0.6 is 0 Å². The van der Waals surface area contributed by atoms with Crippen molar-refractivity contribution in [2.45, 2.75) is 6.92 Å². The van der Waals surface area contributed by atoms with E-state index in [1.807, 2.05) is 37.3 Å². The molecule has 0 saturated carbocycles. The molecule has 0 unspecified atom stereocenters. The van der Waals surface area contributed by atoms with Crippen LogP contribution in [-0.2, 0) is 9.68 Å². The molecule has 0 aliphatic rings. The van der Waals surface area contributed by atoms with Gasteiger partial charge >= 0.3 is 0 Å². The van der Waals surface area contributed by atoms with Crippen molar-refractivity contribution in [2.75, 3.05) is 68.6 Å². The van der Waals surface area contributed by atoms with Gasteiger partial charge in [-0.25, -0.2) is 0 Å². The number of hydrogen-bond acceptors (Lipinski definition) is 4. The Bertz CT molecular complexity index is 583. The summed E-state index contributed by atoms with van der Waals surface area (Å²) in [6.45, 7) is 4.76. The van der Waals surface area contributed by atoms with Crippen LogP contribution in [-0.4, -0.2) is 89.0 Å². The molecule has 0 aliphatic heterocycles. The molecule has 0 saturated heterocycles. The summed E-state index contributed by atoms with van der Waals surface area (Å²) in [4.78, 5) is 11.0. The van der Waals surface area contributed by atoms with Gasteiger partial charge in [0, 0.05) is 5.56 Å². The summed E-state index contributed by atoms with van der Waals surface area (Å²) in [6.07, 6.45) is 0. The third-order valence-electron chi connectivity index (χ3n) is 3.45. The Morgan fingerprint density at radius 1 is 0.750 bits per heavy atom. The molecule has 0 radical (unpaired) electrons. The standard InChI is InChI=1S/C19H34N4O2.3HI/c1-17(20-24-15-13-22(2,3)4)19(18-11-9-8-10-12-18)21-25-16-14-23(5,6)7;;;/h8-12H,13-16H2,1-7H3;3*1H/q+2;;;/p-3/b20-17+,21-19+;;;. The molecule has 0 spiro atoms. The number of rotatable bonds is 10. The highest BCUT2D eigenvalue weighted by molar-refractivity contribution is 6.47. The van der Waals surface area contributed by atoms with Gasteiger partial charge in [-0.05, 0) is 6.92 Å². The minimum atomic E-state index is 0. The van der Waals surface area contributed by atoms with Gasteiger partial charge in [-0.15, -0.1) is 0 Å². The zero-order valence-corrected chi connectivity index (χ0v) is 24.4. The lowest BCUT2D eigenvalue weighted by atomic mass is 10.1. The molecule has 0 heterocycles. The van der Waals surface area contributed by atoms with Crippen LogP contribution in [0.5, 0.6) is 0 Å². The molecular formula is C19H34I3N4O2-. The van der Waals surface area contributed by atoms with Gasteiger partial charge in [0.2, 0.25) is 0 Å². The van der Waals surface area contributed by atoms with Gasteiger partial charge in [0.25, 0.3) is 0 Å². The maximum Gasteiger partial charge on any atom is 0.165 e. The molecule has 0 fully saturated rings. The zero-order chi connectivity index (χ0) is 18.9. The van der Waals surface area contributed by atoms with Crippen molar-refractivity contribution in [1.82, 2.24) is 0 Å². The van der Waals surface area contributed by atoms with Gasteiger partial charge in [-0.1, -0.05) is 40.6 Å². The first-order valence-corrected chi connectivity index (χ1v) is 8.62. The van der Waals surface area contributed by atoms with Crippen LogP contribution in [0.15, 0.2) is 40.6 Å². The molecule has 0 amide bonds. The number of quaternary nitrogens is 2. The topological polar surface area (TPSA) is 43.2 Å². The van der Waals surface area contributed by atoms with Crippen molar-refractivity contribution in [1.29, 1.82) is 0 Å². The Morgan fingerprint density at radius 2 is 1.18 bits per heavy atom. The minimum Gasteiger partial charge on any atom is -1.00 e. The molecule has 6 nitrogen and oxygen atoms in total. The number of hydrogen-bond donors (Lipinski definition) is 0. The Labute approximate surface area is 221 Å². The van der Waals surface area contributed by atoms with Crippen molar-refractivity contribution < 1.29 is 90.6 Å². The molecule has 28 heavy (non-hydrogen) atoms. The fourth-order valence-corrected chi connectivity index (χ4v) is 1.85. The van der Waals surface area contributed by atoms with Gasteiger partial charge in [0.15, 0.2) is 13.2 Å². The quantitative estimate of drug-likeness (QED) is 0.0792. The molecule has 1 aromatic rings. The van der Waals surface area contributed by atoms with E-state index in [1.165, 1.54) is 0 Å². The van der Waals surface area contributed by atoms with E-state index in [0.717, 1.165) is 27.6 Å². The number of benzene rings is 1. The Morgan fingerprint density at radius 3 is 1.61 bits per heavy atom. The summed E-state index contributed by atoms with van der Waals surface area (Å²) in [5, 5.41) is 8.54. The van der Waals surface area contributed by atoms with Crippen molar-refractivity contribution in [2.24, 2.45) is 10.3 Å². The average Bonchev–Trinajstić information content (AvgIpc) is 2.50. The normalized spacial score (nSPS) is 12.2. The summed E-state index contributed by atoms with van der Waals surface area (Å²) >= 11 is 0. The van der Waals surface area contributed by atoms with Crippen molar-refractivity contribution in [3.05, 3.63) is 35.9 Å². The molecule has 0 aliphatic carbocycles. The molecule has 9 heteroatoms. The average molecular weight is 731 g/mol. The van der Waals surface area contributed by atoms with Crippen LogP contribution < -0.4 is 71.9 Å². The van der Waals surface area contributed by atoms with Crippen LogP contribution in [0.25, 0.3) is 0 Å². The van der Waals surface area contributed by atoms with Crippen LogP contribution in [0, 0.1) is 0 Å². The molecular weight excluding hydrogens is 697 g/mol. The number of halogens is 3. The van der Waals surface area contributed by atoms with Crippen LogP contribution in [0.3, 0.4) is 0 Å². The Kier molecular flexibility index (Phi) is 18.8. The predicted molar refractivity (Wildman–Crippen MR) is 104 cm³/mol. The van der Waals surface area contributed by atoms with Gasteiger partial charge < -0.3 is 90.6 Å². The van der Waals surface area contributed by atoms with Crippen LogP contribution in [0.1, 0.15) is 12.5 Å². The molecule has 0 bridgehead atoms. The van der Waals surface area contributed by atoms with Gasteiger partial charge in [0.1, 0.15) is 24.5 Å². The third-order valence-corrected chi connectivity index (χ3v) is 3.45. The van der Waals surface area contributed by atoms with E-state index in [2.05, 4.69) is 52.6 Å². The SMILES string of the molecule is CC(=N\OCC[N+](C)(C)C)/C(=N\OCC[N+](C)(C)C)c1ccccc1.[I-].[I-].[I-]. The van der Waals surface area contributed by atoms with Gasteiger partial charge in [-0.2, -0.15) is 0 Å². The lowest BCUT2D eigenvalue weighted by Crippen LogP contribution is -3.00. The Hall–Kier alpha value is 0.270. The minimum absolute atomic E-state index is 0. The summed E-state index contributed by atoms with van der Waals surface area (Å²) in [7, 11) is 12.7. The van der Waals surface area contributed by atoms with E-state index in [9.17, 15) is 0 Å². The number of oxime groups is 2. The third kappa shape index (κ3) is 16.1. The second-order valence-corrected chi connectivity index (χ2v) is 8.18. The van der Waals surface area contributed by atoms with Crippen LogP contribution in [0.4, 0.5) is 0 Å². The van der Waals surface area contributed by atoms with Crippen LogP contribution in [0.2, 0.25) is 0 Å². The number of nitrogens with zero attached hydrogens (tertiary/aromatic N) is 4. The fourth-order valence-electron chi connectivity index (χ4n) is 1.85. The van der Waals surface area contributed by atoms with Crippen molar-refractivity contribution in [3.63, 3.8) is 0 Å². The first-order chi connectivity index (χ1) is 11.6. The van der Waals surface area contributed by atoms with E-state index in [-0.39, 0.29) is 71.9 Å². The van der Waals surface area contributed by atoms with E-state index < -0.39 is 0 Å². The summed E-state index contributed by atoms with van der Waals surface area (Å²) < 4.78 is 1.67. The lowest BCUT2D eigenvalue weighted by molar-refractivity contribution is -0.870. The predicted octanol–water partition coefficient (Wildman–Crippen LogP) is -6.78. The van der Waals surface area contributed by atoms with E-state index >= 15 is 0 Å². The number of likely N-dealkylation sites (N-methyl/N-ethyl adjacent to an activating group) is 2. The molecule has 0 N–H and O–H groups in total. The lowest BCUT2D eigenvalue weighted by Gasteiger charge is -2.23. The molecule has 0 aromatic heterocycles. The summed E-state index contributed by atoms with van der Waals surface area (Å²) in [5.41, 5.74) is 2.37. The molecule has 1 rings (SSSR count). The maximum absolute atomic E-state index is 5.54. The van der Waals surface area contributed by atoms with E-state index in [1.54, 1.807) is 0 Å². The van der Waals surface area contributed by atoms with E-state index in [4.69, 9.17) is 9.68 Å². The fraction of sp³-hybridized carbons (Fsp3) is 0.579. The molecule has 0 atom stereocenters. The molecule has 164 valence electrons. The molecule has 1 aromatic carbocycles. The van der Waals surface area contributed by atoms with Gasteiger partial charge in [0.05, 0.1) is 42.3 Å². The highest BCUT2D eigenvalue weighted by Gasteiger charge is 2.12. The van der Waals surface area contributed by atoms with E-state index in [0.29, 0.717) is 24.6 Å². The first-order valence-electron chi connectivity index (χ1n) is 8.62. The second kappa shape index (κ2) is 16.0.